The molecule has 9 heteroatoms. The Balaban J connectivity index is 1.43. The van der Waals surface area contributed by atoms with Gasteiger partial charge in [0.15, 0.2) is 11.6 Å². The zero-order chi connectivity index (χ0) is 24.9. The number of hydrogen-bond acceptors (Lipinski definition) is 5. The van der Waals surface area contributed by atoms with Crippen LogP contribution in [0.3, 0.4) is 0 Å². The van der Waals surface area contributed by atoms with Gasteiger partial charge in [0.1, 0.15) is 6.61 Å². The summed E-state index contributed by atoms with van der Waals surface area (Å²) < 4.78 is 7.47. The number of nitrogens with zero attached hydrogens (tertiary/aromatic N) is 3. The number of aromatic nitrogens is 2. The molecule has 35 heavy (non-hydrogen) atoms. The molecule has 0 radical (unpaired) electrons. The molecule has 0 unspecified atom stereocenters. The minimum atomic E-state index is -0.473. The molecule has 0 aliphatic carbocycles. The Hall–Kier alpha value is -4.17. The number of carbonyl (C=O) groups is 1. The average molecular weight is 491 g/mol. The van der Waals surface area contributed by atoms with Gasteiger partial charge in [-0.1, -0.05) is 41.9 Å². The van der Waals surface area contributed by atoms with Crippen LogP contribution < -0.4 is 10.1 Å². The topological polar surface area (TPSA) is 99.3 Å². The van der Waals surface area contributed by atoms with Crippen molar-refractivity contribution in [3.63, 3.8) is 0 Å². The van der Waals surface area contributed by atoms with Gasteiger partial charge in [-0.2, -0.15) is 5.10 Å². The van der Waals surface area contributed by atoms with Crippen molar-refractivity contribution < 1.29 is 14.5 Å². The standard InChI is InChI=1S/C26H23ClN4O4/c1-17-9-10-24(23(11-17)31(33)34)35-16-20-6-3-7-21(13-20)26(32)28-25-12-18(2)30(29-25)15-19-5-4-8-22(27)14-19/h3-14H,15-16H2,1-2H3,(H,28,29,32). The van der Waals surface area contributed by atoms with Crippen LogP contribution in [0.15, 0.2) is 72.8 Å². The van der Waals surface area contributed by atoms with Crippen molar-refractivity contribution in [2.45, 2.75) is 27.0 Å². The van der Waals surface area contributed by atoms with Gasteiger partial charge >= 0.3 is 5.69 Å². The highest BCUT2D eigenvalue weighted by Crippen LogP contribution is 2.28. The summed E-state index contributed by atoms with van der Waals surface area (Å²) in [4.78, 5) is 23.7. The summed E-state index contributed by atoms with van der Waals surface area (Å²) in [6, 6.07) is 21.0. The summed E-state index contributed by atoms with van der Waals surface area (Å²) in [6.07, 6.45) is 0. The Morgan fingerprint density at radius 1 is 1.06 bits per heavy atom. The van der Waals surface area contributed by atoms with Crippen molar-refractivity contribution in [1.29, 1.82) is 0 Å². The lowest BCUT2D eigenvalue weighted by atomic mass is 10.1. The molecule has 0 aliphatic rings. The normalized spacial score (nSPS) is 10.7. The van der Waals surface area contributed by atoms with E-state index in [4.69, 9.17) is 16.3 Å². The molecule has 0 atom stereocenters. The van der Waals surface area contributed by atoms with Gasteiger partial charge < -0.3 is 10.1 Å². The minimum Gasteiger partial charge on any atom is -0.482 e. The van der Waals surface area contributed by atoms with Crippen LogP contribution in [0.5, 0.6) is 5.75 Å². The number of benzene rings is 3. The molecule has 0 saturated heterocycles. The van der Waals surface area contributed by atoms with Crippen LogP contribution in [0.25, 0.3) is 0 Å². The van der Waals surface area contributed by atoms with Crippen LogP contribution in [0, 0.1) is 24.0 Å². The van der Waals surface area contributed by atoms with Crippen molar-refractivity contribution in [2.24, 2.45) is 0 Å². The zero-order valence-electron chi connectivity index (χ0n) is 19.2. The van der Waals surface area contributed by atoms with Crippen molar-refractivity contribution in [3.8, 4) is 5.75 Å². The fourth-order valence-electron chi connectivity index (χ4n) is 3.58. The third kappa shape index (κ3) is 6.04. The minimum absolute atomic E-state index is 0.0817. The van der Waals surface area contributed by atoms with E-state index in [2.05, 4.69) is 10.4 Å². The summed E-state index contributed by atoms with van der Waals surface area (Å²) in [6.45, 7) is 4.30. The smallest absolute Gasteiger partial charge is 0.311 e. The van der Waals surface area contributed by atoms with E-state index in [1.807, 2.05) is 31.2 Å². The Kier molecular flexibility index (Phi) is 7.12. The highest BCUT2D eigenvalue weighted by atomic mass is 35.5. The molecular weight excluding hydrogens is 468 g/mol. The van der Waals surface area contributed by atoms with Crippen molar-refractivity contribution >= 4 is 29.0 Å². The largest absolute Gasteiger partial charge is 0.482 e. The van der Waals surface area contributed by atoms with Gasteiger partial charge in [-0.3, -0.25) is 19.6 Å². The van der Waals surface area contributed by atoms with E-state index in [0.29, 0.717) is 28.5 Å². The van der Waals surface area contributed by atoms with Gasteiger partial charge in [0.05, 0.1) is 11.5 Å². The van der Waals surface area contributed by atoms with E-state index in [1.165, 1.54) is 6.07 Å². The molecule has 1 amide bonds. The van der Waals surface area contributed by atoms with Crippen LogP contribution in [0.1, 0.15) is 32.7 Å². The summed E-state index contributed by atoms with van der Waals surface area (Å²) in [7, 11) is 0. The van der Waals surface area contributed by atoms with E-state index in [0.717, 1.165) is 16.8 Å². The number of nitro groups is 1. The Bertz CT molecular complexity index is 1400. The van der Waals surface area contributed by atoms with E-state index in [9.17, 15) is 14.9 Å². The number of carbonyl (C=O) groups excluding carboxylic acids is 1. The lowest BCUT2D eigenvalue weighted by Crippen LogP contribution is -2.13. The van der Waals surface area contributed by atoms with Gasteiger partial charge in [-0.05, 0) is 60.9 Å². The number of rotatable bonds is 8. The predicted octanol–water partition coefficient (Wildman–Crippen LogP) is 5.94. The molecule has 8 nitrogen and oxygen atoms in total. The van der Waals surface area contributed by atoms with Crippen molar-refractivity contribution in [1.82, 2.24) is 9.78 Å². The molecule has 0 saturated carbocycles. The number of aryl methyl sites for hydroxylation is 2. The first-order valence-electron chi connectivity index (χ1n) is 10.9. The molecule has 3 aromatic carbocycles. The first-order valence-corrected chi connectivity index (χ1v) is 11.2. The maximum Gasteiger partial charge on any atom is 0.311 e. The highest BCUT2D eigenvalue weighted by Gasteiger charge is 2.16. The average Bonchev–Trinajstić information content (AvgIpc) is 3.16. The molecule has 0 bridgehead atoms. The van der Waals surface area contributed by atoms with Crippen LogP contribution in [-0.2, 0) is 13.2 Å². The van der Waals surface area contributed by atoms with E-state index < -0.39 is 4.92 Å². The number of hydrogen-bond donors (Lipinski definition) is 1. The fourth-order valence-corrected chi connectivity index (χ4v) is 3.80. The SMILES string of the molecule is Cc1ccc(OCc2cccc(C(=O)Nc3cc(C)n(Cc4cccc(Cl)c4)n3)c2)c([N+](=O)[O-])c1. The van der Waals surface area contributed by atoms with Crippen molar-refractivity contribution in [2.75, 3.05) is 5.32 Å². The van der Waals surface area contributed by atoms with Gasteiger partial charge in [0, 0.05) is 28.4 Å². The number of anilines is 1. The van der Waals surface area contributed by atoms with Crippen LogP contribution >= 0.6 is 11.6 Å². The van der Waals surface area contributed by atoms with Crippen LogP contribution in [0.2, 0.25) is 5.02 Å². The molecule has 4 aromatic rings. The van der Waals surface area contributed by atoms with Gasteiger partial charge in [-0.25, -0.2) is 0 Å². The number of nitro benzene ring substituents is 1. The first kappa shape index (κ1) is 24.0. The molecule has 0 spiro atoms. The molecule has 1 heterocycles. The summed E-state index contributed by atoms with van der Waals surface area (Å²) in [5, 5.41) is 19.3. The molecule has 0 aliphatic heterocycles. The lowest BCUT2D eigenvalue weighted by Gasteiger charge is -2.09. The Morgan fingerprint density at radius 3 is 2.60 bits per heavy atom. The first-order chi connectivity index (χ1) is 16.8. The number of halogens is 1. The Morgan fingerprint density at radius 2 is 1.83 bits per heavy atom. The third-order valence-electron chi connectivity index (χ3n) is 5.34. The van der Waals surface area contributed by atoms with Crippen molar-refractivity contribution in [3.05, 3.63) is 116 Å². The second kappa shape index (κ2) is 10.4. The summed E-state index contributed by atoms with van der Waals surface area (Å²) in [5.41, 5.74) is 3.70. The Labute approximate surface area is 207 Å². The number of amides is 1. The fraction of sp³-hybridized carbons (Fsp3) is 0.154. The van der Waals surface area contributed by atoms with Crippen LogP contribution in [-0.4, -0.2) is 20.6 Å². The van der Waals surface area contributed by atoms with Crippen LogP contribution in [0.4, 0.5) is 11.5 Å². The number of nitrogens with one attached hydrogen (secondary N) is 1. The van der Waals surface area contributed by atoms with Gasteiger partial charge in [0.2, 0.25) is 0 Å². The molecular formula is C26H23ClN4O4. The second-order valence-corrected chi connectivity index (χ2v) is 8.57. The molecule has 1 aromatic heterocycles. The van der Waals surface area contributed by atoms with E-state index in [-0.39, 0.29) is 24.0 Å². The van der Waals surface area contributed by atoms with Gasteiger partial charge in [-0.15, -0.1) is 0 Å². The van der Waals surface area contributed by atoms with E-state index in [1.54, 1.807) is 54.1 Å². The zero-order valence-corrected chi connectivity index (χ0v) is 20.0. The molecule has 178 valence electrons. The van der Waals surface area contributed by atoms with E-state index >= 15 is 0 Å². The molecule has 1 N–H and O–H groups in total. The predicted molar refractivity (Wildman–Crippen MR) is 134 cm³/mol. The molecule has 4 rings (SSSR count). The number of ether oxygens (including phenoxy) is 1. The van der Waals surface area contributed by atoms with Gasteiger partial charge in [0.25, 0.3) is 5.91 Å². The maximum atomic E-state index is 12.8. The molecule has 0 fully saturated rings. The monoisotopic (exact) mass is 490 g/mol. The maximum absolute atomic E-state index is 12.8. The third-order valence-corrected chi connectivity index (χ3v) is 5.57. The quantitative estimate of drug-likeness (QED) is 0.243. The lowest BCUT2D eigenvalue weighted by molar-refractivity contribution is -0.386. The summed E-state index contributed by atoms with van der Waals surface area (Å²) in [5.74, 6) is 0.295. The summed E-state index contributed by atoms with van der Waals surface area (Å²) >= 11 is 6.06. The second-order valence-electron chi connectivity index (χ2n) is 8.13. The highest BCUT2D eigenvalue weighted by molar-refractivity contribution is 6.30.